The lowest BCUT2D eigenvalue weighted by molar-refractivity contribution is 0.0670. The first-order chi connectivity index (χ1) is 15.5. The zero-order valence-electron chi connectivity index (χ0n) is 18.3. The van der Waals surface area contributed by atoms with Crippen molar-refractivity contribution in [3.63, 3.8) is 0 Å². The lowest BCUT2D eigenvalue weighted by Gasteiger charge is -2.22. The molecule has 0 saturated carbocycles. The van der Waals surface area contributed by atoms with E-state index < -0.39 is 28.9 Å². The number of carbonyl (C=O) groups is 2. The topological polar surface area (TPSA) is 120 Å². The summed E-state index contributed by atoms with van der Waals surface area (Å²) < 4.78 is 12.0. The van der Waals surface area contributed by atoms with Crippen LogP contribution in [0.2, 0.25) is 5.02 Å². The lowest BCUT2D eigenvalue weighted by Crippen LogP contribution is -2.32. The van der Waals surface area contributed by atoms with Crippen molar-refractivity contribution in [2.45, 2.75) is 33.0 Å². The number of amides is 1. The third-order valence-corrected chi connectivity index (χ3v) is 5.56. The van der Waals surface area contributed by atoms with E-state index in [1.165, 1.54) is 23.0 Å². The molecule has 1 aromatic carbocycles. The minimum Gasteiger partial charge on any atom is -0.480 e. The molecule has 174 valence electrons. The third-order valence-electron chi connectivity index (χ3n) is 4.28. The number of thiophene rings is 1. The number of aromatic carboxylic acids is 1. The van der Waals surface area contributed by atoms with Crippen LogP contribution in [0.1, 0.15) is 36.8 Å². The normalized spacial score (nSPS) is 11.2. The number of carboxylic acid groups (broad SMARTS) is 1. The van der Waals surface area contributed by atoms with Gasteiger partial charge in [-0.1, -0.05) is 29.8 Å². The van der Waals surface area contributed by atoms with E-state index in [0.29, 0.717) is 21.2 Å². The maximum atomic E-state index is 12.9. The summed E-state index contributed by atoms with van der Waals surface area (Å²) in [5.74, 6) is -1.69. The number of halogens is 1. The van der Waals surface area contributed by atoms with Crippen LogP contribution < -0.4 is 15.6 Å². The fraction of sp³-hybridized carbons (Fsp3) is 0.273. The van der Waals surface area contributed by atoms with Crippen molar-refractivity contribution in [1.29, 1.82) is 0 Å². The second kappa shape index (κ2) is 9.63. The minimum absolute atomic E-state index is 0.0380. The molecule has 2 aromatic heterocycles. The first-order valence-electron chi connectivity index (χ1n) is 9.76. The predicted octanol–water partition coefficient (Wildman–Crippen LogP) is 4.79. The highest BCUT2D eigenvalue weighted by molar-refractivity contribution is 7.14. The quantitative estimate of drug-likeness (QED) is 0.508. The largest absolute Gasteiger partial charge is 0.480 e. The molecule has 9 nitrogen and oxygen atoms in total. The van der Waals surface area contributed by atoms with Crippen LogP contribution in [-0.2, 0) is 18.4 Å². The predicted molar refractivity (Wildman–Crippen MR) is 125 cm³/mol. The van der Waals surface area contributed by atoms with Crippen molar-refractivity contribution < 1.29 is 24.2 Å². The number of anilines is 1. The molecule has 0 spiro atoms. The van der Waals surface area contributed by atoms with Crippen LogP contribution in [0.15, 0.2) is 40.5 Å². The lowest BCUT2D eigenvalue weighted by atomic mass is 10.2. The van der Waals surface area contributed by atoms with E-state index in [0.717, 1.165) is 0 Å². The van der Waals surface area contributed by atoms with Gasteiger partial charge in [0, 0.05) is 17.6 Å². The van der Waals surface area contributed by atoms with Crippen LogP contribution in [0, 0.1) is 0 Å². The van der Waals surface area contributed by atoms with E-state index in [9.17, 15) is 19.5 Å². The van der Waals surface area contributed by atoms with Gasteiger partial charge in [0.15, 0.2) is 11.5 Å². The standard InChI is InChI=1S/C22H22ClN3O6S/c1-22(2,3)32-16-15(20(28)29)25-18(26(4)19(16)27)17-14(9-10-33-17)24-21(30)31-11-12-7-5-6-8-13(12)23/h5-10H,11H2,1-4H3,(H,24,30)(H,28,29). The summed E-state index contributed by atoms with van der Waals surface area (Å²) in [5.41, 5.74) is -1.02. The Morgan fingerprint density at radius 3 is 2.58 bits per heavy atom. The molecule has 3 aromatic rings. The number of aromatic nitrogens is 2. The smallest absolute Gasteiger partial charge is 0.412 e. The fourth-order valence-electron chi connectivity index (χ4n) is 2.81. The Balaban J connectivity index is 1.90. The molecule has 0 aliphatic rings. The number of benzene rings is 1. The van der Waals surface area contributed by atoms with Crippen LogP contribution in [0.4, 0.5) is 10.5 Å². The van der Waals surface area contributed by atoms with Crippen molar-refractivity contribution in [1.82, 2.24) is 9.55 Å². The minimum atomic E-state index is -1.40. The summed E-state index contributed by atoms with van der Waals surface area (Å²) in [6, 6.07) is 8.57. The van der Waals surface area contributed by atoms with Gasteiger partial charge >= 0.3 is 12.1 Å². The number of rotatable bonds is 6. The second-order valence-corrected chi connectivity index (χ2v) is 9.28. The second-order valence-electron chi connectivity index (χ2n) is 7.95. The highest BCUT2D eigenvalue weighted by Crippen LogP contribution is 2.33. The van der Waals surface area contributed by atoms with Gasteiger partial charge in [-0.25, -0.2) is 14.6 Å². The van der Waals surface area contributed by atoms with E-state index in [2.05, 4.69) is 10.3 Å². The van der Waals surface area contributed by atoms with Crippen LogP contribution in [0.25, 0.3) is 10.7 Å². The summed E-state index contributed by atoms with van der Waals surface area (Å²) >= 11 is 7.25. The molecule has 0 aliphatic heterocycles. The summed E-state index contributed by atoms with van der Waals surface area (Å²) in [5, 5.41) is 14.4. The Morgan fingerprint density at radius 2 is 1.94 bits per heavy atom. The highest BCUT2D eigenvalue weighted by Gasteiger charge is 2.27. The van der Waals surface area contributed by atoms with E-state index in [1.54, 1.807) is 56.5 Å². The van der Waals surface area contributed by atoms with Crippen LogP contribution in [0.5, 0.6) is 5.75 Å². The van der Waals surface area contributed by atoms with Crippen molar-refractivity contribution in [2.75, 3.05) is 5.32 Å². The van der Waals surface area contributed by atoms with Gasteiger partial charge in [-0.05, 0) is 38.3 Å². The number of nitrogens with one attached hydrogen (secondary N) is 1. The molecule has 0 unspecified atom stereocenters. The van der Waals surface area contributed by atoms with E-state index in [4.69, 9.17) is 21.1 Å². The number of carboxylic acids is 1. The summed E-state index contributed by atoms with van der Waals surface area (Å²) in [6.45, 7) is 5.05. The molecule has 11 heteroatoms. The number of ether oxygens (including phenoxy) is 2. The molecule has 0 radical (unpaired) electrons. The van der Waals surface area contributed by atoms with E-state index in [-0.39, 0.29) is 18.2 Å². The molecule has 1 amide bonds. The monoisotopic (exact) mass is 491 g/mol. The van der Waals surface area contributed by atoms with Gasteiger partial charge < -0.3 is 14.6 Å². The first kappa shape index (κ1) is 24.3. The Labute approximate surface area is 198 Å². The maximum Gasteiger partial charge on any atom is 0.412 e. The number of nitrogens with zero attached hydrogens (tertiary/aromatic N) is 2. The van der Waals surface area contributed by atoms with E-state index in [1.807, 2.05) is 0 Å². The van der Waals surface area contributed by atoms with Gasteiger partial charge in [0.25, 0.3) is 5.56 Å². The molecule has 0 atom stereocenters. The molecule has 0 aliphatic carbocycles. The molecule has 2 heterocycles. The Hall–Kier alpha value is -3.37. The Bertz CT molecular complexity index is 1260. The van der Waals surface area contributed by atoms with Crippen molar-refractivity contribution in [2.24, 2.45) is 7.05 Å². The zero-order valence-corrected chi connectivity index (χ0v) is 19.9. The molecule has 0 bridgehead atoms. The molecular formula is C22H22ClN3O6S. The van der Waals surface area contributed by atoms with Gasteiger partial charge in [0.1, 0.15) is 12.2 Å². The van der Waals surface area contributed by atoms with Crippen LogP contribution in [-0.4, -0.2) is 32.3 Å². The highest BCUT2D eigenvalue weighted by atomic mass is 35.5. The van der Waals surface area contributed by atoms with Crippen LogP contribution in [0.3, 0.4) is 0 Å². The SMILES string of the molecule is Cn1c(-c2sccc2NC(=O)OCc2ccccc2Cl)nc(C(=O)O)c(OC(C)(C)C)c1=O. The molecule has 0 saturated heterocycles. The summed E-state index contributed by atoms with van der Waals surface area (Å²) in [4.78, 5) is 41.6. The summed E-state index contributed by atoms with van der Waals surface area (Å²) in [7, 11) is 1.45. The number of hydrogen-bond donors (Lipinski definition) is 2. The molecular weight excluding hydrogens is 470 g/mol. The number of hydrogen-bond acceptors (Lipinski definition) is 7. The van der Waals surface area contributed by atoms with E-state index >= 15 is 0 Å². The number of carbonyl (C=O) groups excluding carboxylic acids is 1. The van der Waals surface area contributed by atoms with Gasteiger partial charge in [0.05, 0.1) is 10.6 Å². The average Bonchev–Trinajstić information content (AvgIpc) is 3.17. The first-order valence-corrected chi connectivity index (χ1v) is 11.0. The van der Waals surface area contributed by atoms with Crippen molar-refractivity contribution >= 4 is 40.7 Å². The van der Waals surface area contributed by atoms with Gasteiger partial charge in [-0.3, -0.25) is 14.7 Å². The molecule has 33 heavy (non-hydrogen) atoms. The fourth-order valence-corrected chi connectivity index (χ4v) is 3.88. The van der Waals surface area contributed by atoms with Crippen molar-refractivity contribution in [3.05, 3.63) is 62.3 Å². The third kappa shape index (κ3) is 5.71. The summed E-state index contributed by atoms with van der Waals surface area (Å²) in [6.07, 6.45) is -0.745. The van der Waals surface area contributed by atoms with Crippen molar-refractivity contribution in [3.8, 4) is 16.5 Å². The molecule has 2 N–H and O–H groups in total. The van der Waals surface area contributed by atoms with Gasteiger partial charge in [-0.15, -0.1) is 11.3 Å². The Morgan fingerprint density at radius 1 is 1.24 bits per heavy atom. The maximum absolute atomic E-state index is 12.9. The van der Waals surface area contributed by atoms with Gasteiger partial charge in [0.2, 0.25) is 5.75 Å². The molecule has 0 fully saturated rings. The molecule has 3 rings (SSSR count). The van der Waals surface area contributed by atoms with Crippen LogP contribution >= 0.6 is 22.9 Å². The van der Waals surface area contributed by atoms with Gasteiger partial charge in [-0.2, -0.15) is 0 Å². The Kier molecular flexibility index (Phi) is 7.09. The average molecular weight is 492 g/mol. The zero-order chi connectivity index (χ0) is 24.3.